The van der Waals surface area contributed by atoms with Crippen LogP contribution in [0.15, 0.2) is 24.7 Å². The molecule has 0 unspecified atom stereocenters. The predicted octanol–water partition coefficient (Wildman–Crippen LogP) is 4.12. The third-order valence-electron chi connectivity index (χ3n) is 4.30. The first-order valence-corrected chi connectivity index (χ1v) is 8.96. The Bertz CT molecular complexity index is 960. The van der Waals surface area contributed by atoms with E-state index < -0.39 is 0 Å². The minimum atomic E-state index is -0.355. The maximum absolute atomic E-state index is 12.9. The largest absolute Gasteiger partial charge is 0.462 e. The van der Waals surface area contributed by atoms with Gasteiger partial charge in [0.25, 0.3) is 0 Å². The zero-order valence-corrected chi connectivity index (χ0v) is 15.9. The molecule has 6 heteroatoms. The van der Waals surface area contributed by atoms with Gasteiger partial charge in [0.05, 0.1) is 24.1 Å². The van der Waals surface area contributed by atoms with Crippen LogP contribution in [0.25, 0.3) is 22.2 Å². The average Bonchev–Trinajstić information content (AvgIpc) is 3.02. The van der Waals surface area contributed by atoms with Crippen LogP contribution in [-0.2, 0) is 11.3 Å². The molecule has 26 heavy (non-hydrogen) atoms. The minimum Gasteiger partial charge on any atom is -0.462 e. The van der Waals surface area contributed by atoms with Crippen LogP contribution in [0.1, 0.15) is 55.2 Å². The van der Waals surface area contributed by atoms with Crippen molar-refractivity contribution < 1.29 is 9.53 Å². The molecule has 0 spiro atoms. The lowest BCUT2D eigenvalue weighted by molar-refractivity contribution is 0.0525. The number of pyridine rings is 2. The Hall–Kier alpha value is -2.76. The normalized spacial score (nSPS) is 11.3. The molecule has 0 N–H and O–H groups in total. The first-order chi connectivity index (χ1) is 12.5. The van der Waals surface area contributed by atoms with Crippen molar-refractivity contribution in [2.45, 2.75) is 47.1 Å². The maximum atomic E-state index is 12.9. The van der Waals surface area contributed by atoms with Crippen LogP contribution in [0.3, 0.4) is 0 Å². The van der Waals surface area contributed by atoms with Crippen molar-refractivity contribution in [1.29, 1.82) is 0 Å². The molecule has 0 bridgehead atoms. The highest BCUT2D eigenvalue weighted by molar-refractivity contribution is 6.07. The third-order valence-corrected chi connectivity index (χ3v) is 4.30. The van der Waals surface area contributed by atoms with Crippen LogP contribution < -0.4 is 0 Å². The monoisotopic (exact) mass is 352 g/mol. The number of carbonyl (C=O) groups excluding carboxylic acids is 1. The smallest absolute Gasteiger partial charge is 0.340 e. The molecule has 0 saturated heterocycles. The van der Waals surface area contributed by atoms with E-state index in [4.69, 9.17) is 9.72 Å². The van der Waals surface area contributed by atoms with Crippen molar-refractivity contribution in [3.8, 4) is 11.1 Å². The van der Waals surface area contributed by atoms with Gasteiger partial charge in [-0.05, 0) is 38.3 Å². The van der Waals surface area contributed by atoms with E-state index in [-0.39, 0.29) is 11.9 Å². The molecule has 0 radical (unpaired) electrons. The van der Waals surface area contributed by atoms with E-state index in [1.54, 1.807) is 18.6 Å². The summed E-state index contributed by atoms with van der Waals surface area (Å²) in [5.74, 6) is -0.290. The second-order valence-electron chi connectivity index (χ2n) is 6.57. The Morgan fingerprint density at radius 2 is 2.00 bits per heavy atom. The molecule has 0 atom stereocenters. The fraction of sp³-hybridized carbons (Fsp3) is 0.400. The predicted molar refractivity (Wildman–Crippen MR) is 101 cm³/mol. The van der Waals surface area contributed by atoms with Gasteiger partial charge in [-0.15, -0.1) is 0 Å². The third kappa shape index (κ3) is 3.07. The molecule has 0 aliphatic carbocycles. The Morgan fingerprint density at radius 1 is 1.23 bits per heavy atom. The lowest BCUT2D eigenvalue weighted by atomic mass is 9.93. The molecule has 3 rings (SSSR count). The van der Waals surface area contributed by atoms with Crippen molar-refractivity contribution in [2.24, 2.45) is 0 Å². The summed E-state index contributed by atoms with van der Waals surface area (Å²) in [5, 5.41) is 5.29. The van der Waals surface area contributed by atoms with Gasteiger partial charge in [-0.3, -0.25) is 4.98 Å². The van der Waals surface area contributed by atoms with E-state index in [0.717, 1.165) is 33.4 Å². The lowest BCUT2D eigenvalue weighted by Gasteiger charge is -2.17. The average molecular weight is 352 g/mol. The number of hydrogen-bond acceptors (Lipinski definition) is 5. The highest BCUT2D eigenvalue weighted by Crippen LogP contribution is 2.36. The molecule has 0 saturated carbocycles. The molecule has 0 aromatic carbocycles. The fourth-order valence-electron chi connectivity index (χ4n) is 3.16. The van der Waals surface area contributed by atoms with Crippen molar-refractivity contribution in [2.75, 3.05) is 6.61 Å². The van der Waals surface area contributed by atoms with Crippen LogP contribution in [0, 0.1) is 6.92 Å². The van der Waals surface area contributed by atoms with Gasteiger partial charge in [0.1, 0.15) is 0 Å². The molecule has 0 aliphatic rings. The molecule has 0 aliphatic heterocycles. The second-order valence-corrected chi connectivity index (χ2v) is 6.57. The first-order valence-electron chi connectivity index (χ1n) is 8.96. The molecule has 0 fully saturated rings. The zero-order valence-electron chi connectivity index (χ0n) is 15.9. The Labute approximate surface area is 153 Å². The number of nitrogens with zero attached hydrogens (tertiary/aromatic N) is 4. The summed E-state index contributed by atoms with van der Waals surface area (Å²) in [7, 11) is 0. The van der Waals surface area contributed by atoms with Crippen molar-refractivity contribution >= 4 is 17.0 Å². The standard InChI is InChI=1S/C20H24N4O2/c1-6-24-19-15(11-22-24)16(14-8-13(5)9-21-10-14)17(20(25)26-7-2)18(23-19)12(3)4/h8-12H,6-7H2,1-5H3. The second kappa shape index (κ2) is 7.23. The van der Waals surface area contributed by atoms with E-state index >= 15 is 0 Å². The van der Waals surface area contributed by atoms with E-state index in [1.807, 2.05) is 45.4 Å². The molecular formula is C20H24N4O2. The summed E-state index contributed by atoms with van der Waals surface area (Å²) in [6.45, 7) is 10.9. The van der Waals surface area contributed by atoms with Crippen molar-refractivity contribution in [3.05, 3.63) is 41.5 Å². The molecule has 3 aromatic rings. The molecule has 0 amide bonds. The topological polar surface area (TPSA) is 69.9 Å². The highest BCUT2D eigenvalue weighted by Gasteiger charge is 2.26. The number of carbonyl (C=O) groups is 1. The van der Waals surface area contributed by atoms with Gasteiger partial charge in [-0.25, -0.2) is 14.5 Å². The zero-order chi connectivity index (χ0) is 18.8. The van der Waals surface area contributed by atoms with Gasteiger partial charge in [-0.2, -0.15) is 5.10 Å². The highest BCUT2D eigenvalue weighted by atomic mass is 16.5. The van der Waals surface area contributed by atoms with E-state index in [1.165, 1.54) is 0 Å². The first kappa shape index (κ1) is 18.0. The van der Waals surface area contributed by atoms with E-state index in [2.05, 4.69) is 10.1 Å². The summed E-state index contributed by atoms with van der Waals surface area (Å²) in [5.41, 5.74) is 4.71. The number of aromatic nitrogens is 4. The van der Waals surface area contributed by atoms with E-state index in [0.29, 0.717) is 18.7 Å². The van der Waals surface area contributed by atoms with Crippen LogP contribution >= 0.6 is 0 Å². The number of esters is 1. The molecular weight excluding hydrogens is 328 g/mol. The van der Waals surface area contributed by atoms with Gasteiger partial charge in [0.15, 0.2) is 5.65 Å². The van der Waals surface area contributed by atoms with Gasteiger partial charge in [0, 0.05) is 35.5 Å². The van der Waals surface area contributed by atoms with Gasteiger partial charge in [-0.1, -0.05) is 13.8 Å². The van der Waals surface area contributed by atoms with Gasteiger partial charge < -0.3 is 4.74 Å². The fourth-order valence-corrected chi connectivity index (χ4v) is 3.16. The number of rotatable bonds is 5. The van der Waals surface area contributed by atoms with Gasteiger partial charge >= 0.3 is 5.97 Å². The summed E-state index contributed by atoms with van der Waals surface area (Å²) in [4.78, 5) is 22.0. The number of fused-ring (bicyclic) bond motifs is 1. The lowest BCUT2D eigenvalue weighted by Crippen LogP contribution is -2.14. The summed E-state index contributed by atoms with van der Waals surface area (Å²) in [6, 6.07) is 2.03. The molecule has 3 heterocycles. The van der Waals surface area contributed by atoms with Gasteiger partial charge in [0.2, 0.25) is 0 Å². The molecule has 3 aromatic heterocycles. The molecule has 6 nitrogen and oxygen atoms in total. The summed E-state index contributed by atoms with van der Waals surface area (Å²) >= 11 is 0. The van der Waals surface area contributed by atoms with E-state index in [9.17, 15) is 4.79 Å². The summed E-state index contributed by atoms with van der Waals surface area (Å²) < 4.78 is 7.22. The number of ether oxygens (including phenoxy) is 1. The maximum Gasteiger partial charge on any atom is 0.340 e. The van der Waals surface area contributed by atoms with Crippen molar-refractivity contribution in [3.63, 3.8) is 0 Å². The van der Waals surface area contributed by atoms with Crippen LogP contribution in [0.4, 0.5) is 0 Å². The summed E-state index contributed by atoms with van der Waals surface area (Å²) in [6.07, 6.45) is 5.35. The Morgan fingerprint density at radius 3 is 2.62 bits per heavy atom. The Balaban J connectivity index is 2.45. The SMILES string of the molecule is CCOC(=O)c1c(C(C)C)nc2c(cnn2CC)c1-c1cncc(C)c1. The van der Waals surface area contributed by atoms with Crippen LogP contribution in [-0.4, -0.2) is 32.3 Å². The minimum absolute atomic E-state index is 0.0653. The number of aryl methyl sites for hydroxylation is 2. The molecule has 136 valence electrons. The quantitative estimate of drug-likeness (QED) is 0.646. The van der Waals surface area contributed by atoms with Crippen LogP contribution in [0.2, 0.25) is 0 Å². The number of hydrogen-bond donors (Lipinski definition) is 0. The van der Waals surface area contributed by atoms with Crippen molar-refractivity contribution in [1.82, 2.24) is 19.7 Å². The van der Waals surface area contributed by atoms with Crippen LogP contribution in [0.5, 0.6) is 0 Å². The Kier molecular flexibility index (Phi) is 5.02.